The first-order valence-corrected chi connectivity index (χ1v) is 7.03. The molecular formula is C15H24FN3O. The summed E-state index contributed by atoms with van der Waals surface area (Å²) in [5, 5.41) is 0. The number of nitrogens with two attached hydrogens (primary N) is 2. The van der Waals surface area contributed by atoms with Crippen molar-refractivity contribution in [3.8, 4) is 0 Å². The molecule has 0 radical (unpaired) electrons. The van der Waals surface area contributed by atoms with E-state index in [9.17, 15) is 9.18 Å². The monoisotopic (exact) mass is 281 g/mol. The minimum Gasteiger partial charge on any atom is -0.398 e. The molecule has 0 heterocycles. The Morgan fingerprint density at radius 3 is 2.50 bits per heavy atom. The van der Waals surface area contributed by atoms with Gasteiger partial charge in [-0.15, -0.1) is 0 Å². The Balaban J connectivity index is 3.12. The lowest BCUT2D eigenvalue weighted by molar-refractivity contribution is 0.100. The lowest BCUT2D eigenvalue weighted by Gasteiger charge is -2.30. The zero-order chi connectivity index (χ0) is 15.3. The molecular weight excluding hydrogens is 257 g/mol. The molecule has 0 atom stereocenters. The second-order valence-electron chi connectivity index (χ2n) is 5.25. The van der Waals surface area contributed by atoms with Gasteiger partial charge in [-0.2, -0.15) is 0 Å². The maximum Gasteiger partial charge on any atom is 0.250 e. The van der Waals surface area contributed by atoms with Crippen molar-refractivity contribution in [1.82, 2.24) is 0 Å². The topological polar surface area (TPSA) is 72.3 Å². The van der Waals surface area contributed by atoms with E-state index in [-0.39, 0.29) is 17.3 Å². The van der Waals surface area contributed by atoms with Crippen LogP contribution in [0.3, 0.4) is 0 Å². The predicted molar refractivity (Wildman–Crippen MR) is 81.3 cm³/mol. The molecule has 112 valence electrons. The number of rotatable bonds is 7. The molecule has 0 unspecified atom stereocenters. The number of halogens is 1. The van der Waals surface area contributed by atoms with E-state index in [1.807, 2.05) is 18.7 Å². The molecule has 5 heteroatoms. The van der Waals surface area contributed by atoms with Crippen molar-refractivity contribution < 1.29 is 9.18 Å². The third-order valence-corrected chi connectivity index (χ3v) is 3.32. The molecule has 0 spiro atoms. The highest BCUT2D eigenvalue weighted by Crippen LogP contribution is 2.27. The van der Waals surface area contributed by atoms with Crippen LogP contribution in [0.25, 0.3) is 0 Å². The molecule has 20 heavy (non-hydrogen) atoms. The van der Waals surface area contributed by atoms with Crippen molar-refractivity contribution in [2.75, 3.05) is 17.2 Å². The quantitative estimate of drug-likeness (QED) is 0.596. The highest BCUT2D eigenvalue weighted by Gasteiger charge is 2.18. The Hall–Kier alpha value is -1.78. The first kappa shape index (κ1) is 16.3. The molecule has 0 saturated heterocycles. The Morgan fingerprint density at radius 2 is 2.00 bits per heavy atom. The summed E-state index contributed by atoms with van der Waals surface area (Å²) in [6.07, 6.45) is 3.16. The third kappa shape index (κ3) is 3.85. The fourth-order valence-electron chi connectivity index (χ4n) is 2.20. The molecule has 0 aromatic heterocycles. The van der Waals surface area contributed by atoms with Gasteiger partial charge in [0.25, 0.3) is 5.91 Å². The average Bonchev–Trinajstić information content (AvgIpc) is 2.35. The van der Waals surface area contributed by atoms with Gasteiger partial charge in [0.05, 0.1) is 11.3 Å². The van der Waals surface area contributed by atoms with E-state index in [0.717, 1.165) is 25.8 Å². The maximum atomic E-state index is 14.1. The summed E-state index contributed by atoms with van der Waals surface area (Å²) in [5.41, 5.74) is 11.5. The zero-order valence-corrected chi connectivity index (χ0v) is 12.4. The van der Waals surface area contributed by atoms with E-state index in [4.69, 9.17) is 11.5 Å². The number of nitrogens with zero attached hydrogens (tertiary/aromatic N) is 1. The molecule has 4 N–H and O–H groups in total. The Labute approximate surface area is 119 Å². The van der Waals surface area contributed by atoms with Crippen LogP contribution in [0.5, 0.6) is 0 Å². The van der Waals surface area contributed by atoms with Gasteiger partial charge in [-0.1, -0.05) is 19.8 Å². The van der Waals surface area contributed by atoms with Crippen LogP contribution < -0.4 is 16.4 Å². The maximum absolute atomic E-state index is 14.1. The van der Waals surface area contributed by atoms with Gasteiger partial charge in [0.15, 0.2) is 0 Å². The first-order chi connectivity index (χ1) is 9.38. The van der Waals surface area contributed by atoms with Gasteiger partial charge in [-0.3, -0.25) is 4.79 Å². The zero-order valence-electron chi connectivity index (χ0n) is 12.4. The average molecular weight is 281 g/mol. The number of amides is 1. The number of benzene rings is 1. The minimum atomic E-state index is -0.638. The second-order valence-corrected chi connectivity index (χ2v) is 5.25. The molecule has 0 aliphatic carbocycles. The first-order valence-electron chi connectivity index (χ1n) is 7.03. The summed E-state index contributed by atoms with van der Waals surface area (Å²) in [6.45, 7) is 6.84. The summed E-state index contributed by atoms with van der Waals surface area (Å²) >= 11 is 0. The van der Waals surface area contributed by atoms with E-state index in [1.54, 1.807) is 0 Å². The van der Waals surface area contributed by atoms with Gasteiger partial charge in [-0.05, 0) is 32.4 Å². The summed E-state index contributed by atoms with van der Waals surface area (Å²) in [5.74, 6) is -1.06. The van der Waals surface area contributed by atoms with Gasteiger partial charge in [0.2, 0.25) is 0 Å². The number of nitrogen functional groups attached to an aromatic ring is 1. The van der Waals surface area contributed by atoms with E-state index in [1.165, 1.54) is 12.1 Å². The normalized spacial score (nSPS) is 10.8. The molecule has 0 aliphatic rings. The Kier molecular flexibility index (Phi) is 5.80. The molecule has 0 bridgehead atoms. The summed E-state index contributed by atoms with van der Waals surface area (Å²) in [7, 11) is 0. The SMILES string of the molecule is CCCCCN(c1cc(C(N)=O)c(N)cc1F)C(C)C. The van der Waals surface area contributed by atoms with Crippen LogP contribution in [0.15, 0.2) is 12.1 Å². The summed E-state index contributed by atoms with van der Waals surface area (Å²) in [6, 6.07) is 2.76. The number of primary amides is 1. The Morgan fingerprint density at radius 1 is 1.35 bits per heavy atom. The van der Waals surface area contributed by atoms with Crippen LogP contribution in [0, 0.1) is 5.82 Å². The van der Waals surface area contributed by atoms with E-state index >= 15 is 0 Å². The van der Waals surface area contributed by atoms with E-state index < -0.39 is 11.7 Å². The number of anilines is 2. The number of unbranched alkanes of at least 4 members (excludes halogenated alkanes) is 2. The lowest BCUT2D eigenvalue weighted by Crippen LogP contribution is -2.33. The molecule has 1 aromatic carbocycles. The fourth-order valence-corrected chi connectivity index (χ4v) is 2.20. The largest absolute Gasteiger partial charge is 0.398 e. The standard InChI is InChI=1S/C15H24FN3O/c1-4-5-6-7-19(10(2)3)14-8-11(15(18)20)13(17)9-12(14)16/h8-10H,4-7,17H2,1-3H3,(H2,18,20). The molecule has 4 nitrogen and oxygen atoms in total. The molecule has 1 rings (SSSR count). The van der Waals surface area contributed by atoms with Crippen molar-refractivity contribution in [2.45, 2.75) is 46.1 Å². The molecule has 0 saturated carbocycles. The molecule has 1 amide bonds. The Bertz CT molecular complexity index is 474. The van der Waals surface area contributed by atoms with Crippen LogP contribution in [-0.4, -0.2) is 18.5 Å². The van der Waals surface area contributed by atoms with Gasteiger partial charge in [-0.25, -0.2) is 4.39 Å². The number of hydrogen-bond donors (Lipinski definition) is 2. The van der Waals surface area contributed by atoms with Gasteiger partial charge < -0.3 is 16.4 Å². The number of carbonyl (C=O) groups excluding carboxylic acids is 1. The lowest BCUT2D eigenvalue weighted by atomic mass is 10.1. The minimum absolute atomic E-state index is 0.0796. The van der Waals surface area contributed by atoms with Crippen molar-refractivity contribution >= 4 is 17.3 Å². The van der Waals surface area contributed by atoms with Crippen LogP contribution in [0.4, 0.5) is 15.8 Å². The van der Waals surface area contributed by atoms with Crippen LogP contribution in [0.2, 0.25) is 0 Å². The smallest absolute Gasteiger partial charge is 0.250 e. The highest BCUT2D eigenvalue weighted by molar-refractivity contribution is 5.99. The fraction of sp³-hybridized carbons (Fsp3) is 0.533. The van der Waals surface area contributed by atoms with Crippen molar-refractivity contribution in [3.63, 3.8) is 0 Å². The molecule has 0 fully saturated rings. The summed E-state index contributed by atoms with van der Waals surface area (Å²) < 4.78 is 14.1. The van der Waals surface area contributed by atoms with Crippen LogP contribution in [0.1, 0.15) is 50.4 Å². The van der Waals surface area contributed by atoms with Crippen molar-refractivity contribution in [1.29, 1.82) is 0 Å². The number of carbonyl (C=O) groups is 1. The highest BCUT2D eigenvalue weighted by atomic mass is 19.1. The van der Waals surface area contributed by atoms with Gasteiger partial charge >= 0.3 is 0 Å². The number of hydrogen-bond acceptors (Lipinski definition) is 3. The van der Waals surface area contributed by atoms with Crippen LogP contribution in [-0.2, 0) is 0 Å². The van der Waals surface area contributed by atoms with Crippen LogP contribution >= 0.6 is 0 Å². The van der Waals surface area contributed by atoms with Crippen molar-refractivity contribution in [3.05, 3.63) is 23.5 Å². The predicted octanol–water partition coefficient (Wildman–Crippen LogP) is 2.91. The molecule has 1 aromatic rings. The third-order valence-electron chi connectivity index (χ3n) is 3.32. The summed E-state index contributed by atoms with van der Waals surface area (Å²) in [4.78, 5) is 13.3. The van der Waals surface area contributed by atoms with Crippen molar-refractivity contribution in [2.24, 2.45) is 5.73 Å². The molecule has 0 aliphatic heterocycles. The van der Waals surface area contributed by atoms with Gasteiger partial charge in [0.1, 0.15) is 5.82 Å². The van der Waals surface area contributed by atoms with Gasteiger partial charge in [0, 0.05) is 18.3 Å². The van der Waals surface area contributed by atoms with E-state index in [2.05, 4.69) is 6.92 Å². The van der Waals surface area contributed by atoms with E-state index in [0.29, 0.717) is 5.69 Å². The second kappa shape index (κ2) is 7.12.